The first kappa shape index (κ1) is 13.9. The van der Waals surface area contributed by atoms with Crippen LogP contribution < -0.4 is 0 Å². The highest BCUT2D eigenvalue weighted by Crippen LogP contribution is 2.52. The molecule has 0 bridgehead atoms. The lowest BCUT2D eigenvalue weighted by Gasteiger charge is -2.30. The first-order valence-corrected chi connectivity index (χ1v) is 2.99. The molecule has 0 radical (unpaired) electrons. The highest BCUT2D eigenvalue weighted by atomic mass is 19.4. The monoisotopic (exact) mass is 244 g/mol. The second kappa shape index (κ2) is 3.21. The van der Waals surface area contributed by atoms with Crippen LogP contribution in [0.15, 0.2) is 0 Å². The highest BCUT2D eigenvalue weighted by Gasteiger charge is 2.81. The number of terminal acetylenes is 1. The molecular formula is C6HF9. The molecule has 0 aromatic carbocycles. The van der Waals surface area contributed by atoms with Gasteiger partial charge in [0.1, 0.15) is 0 Å². The van der Waals surface area contributed by atoms with Gasteiger partial charge in [-0.05, 0) is 5.92 Å². The van der Waals surface area contributed by atoms with Crippen LogP contribution in [0.3, 0.4) is 0 Å². The molecule has 0 saturated carbocycles. The van der Waals surface area contributed by atoms with Gasteiger partial charge in [-0.25, -0.2) is 0 Å². The molecule has 0 nitrogen and oxygen atoms in total. The van der Waals surface area contributed by atoms with Crippen LogP contribution in [0.4, 0.5) is 39.5 Å². The summed E-state index contributed by atoms with van der Waals surface area (Å²) in [4.78, 5) is 0. The zero-order valence-corrected chi connectivity index (χ0v) is 6.48. The summed E-state index contributed by atoms with van der Waals surface area (Å²) >= 11 is 0. The molecule has 0 atom stereocenters. The first-order chi connectivity index (χ1) is 6.31. The molecule has 0 aromatic heterocycles. The lowest BCUT2D eigenvalue weighted by molar-refractivity contribution is -0.386. The molecule has 0 amide bonds. The smallest absolute Gasteiger partial charge is 0.191 e. The fraction of sp³-hybridized carbons (Fsp3) is 0.667. The average molecular weight is 244 g/mol. The van der Waals surface area contributed by atoms with Crippen LogP contribution in [-0.4, -0.2) is 23.9 Å². The van der Waals surface area contributed by atoms with Crippen molar-refractivity contribution >= 4 is 0 Å². The maximum absolute atomic E-state index is 12.1. The van der Waals surface area contributed by atoms with Crippen molar-refractivity contribution < 1.29 is 39.5 Å². The van der Waals surface area contributed by atoms with Crippen molar-refractivity contribution in [3.63, 3.8) is 0 Å². The number of rotatable bonds is 2. The Bertz CT molecular complexity index is 278. The van der Waals surface area contributed by atoms with E-state index in [-0.39, 0.29) is 5.92 Å². The third kappa shape index (κ3) is 1.85. The third-order valence-corrected chi connectivity index (χ3v) is 1.33. The molecule has 0 unspecified atom stereocenters. The van der Waals surface area contributed by atoms with Gasteiger partial charge in [0.25, 0.3) is 0 Å². The predicted octanol–water partition coefficient (Wildman–Crippen LogP) is 3.09. The maximum Gasteiger partial charge on any atom is 0.460 e. The summed E-state index contributed by atoms with van der Waals surface area (Å²) in [5.74, 6) is -19.6. The van der Waals surface area contributed by atoms with E-state index >= 15 is 0 Å². The van der Waals surface area contributed by atoms with E-state index in [1.807, 2.05) is 0 Å². The van der Waals surface area contributed by atoms with Gasteiger partial charge in [-0.3, -0.25) is 0 Å². The predicted molar refractivity (Wildman–Crippen MR) is 29.7 cm³/mol. The van der Waals surface area contributed by atoms with Crippen LogP contribution in [0.1, 0.15) is 0 Å². The van der Waals surface area contributed by atoms with Crippen molar-refractivity contribution in [3.8, 4) is 12.3 Å². The number of alkyl halides is 9. The standard InChI is InChI=1S/C6HF9/c1-2-3(7,8)4(9,10)5(11,12)6(13,14)15/h1H. The third-order valence-electron chi connectivity index (χ3n) is 1.33. The second-order valence-corrected chi connectivity index (χ2v) is 2.37. The number of hydrogen-bond acceptors (Lipinski definition) is 0. The van der Waals surface area contributed by atoms with Crippen LogP contribution in [0.5, 0.6) is 0 Å². The van der Waals surface area contributed by atoms with E-state index in [1.54, 1.807) is 0 Å². The van der Waals surface area contributed by atoms with E-state index in [0.717, 1.165) is 0 Å². The normalized spacial score (nSPS) is 14.9. The summed E-state index contributed by atoms with van der Waals surface area (Å²) in [6.45, 7) is 0. The van der Waals surface area contributed by atoms with Crippen LogP contribution in [0.25, 0.3) is 0 Å². The summed E-state index contributed by atoms with van der Waals surface area (Å²) in [6.07, 6.45) is -3.07. The molecule has 0 aliphatic heterocycles. The Morgan fingerprint density at radius 1 is 0.667 bits per heavy atom. The van der Waals surface area contributed by atoms with Gasteiger partial charge < -0.3 is 0 Å². The average Bonchev–Trinajstić information content (AvgIpc) is 2.01. The van der Waals surface area contributed by atoms with Crippen molar-refractivity contribution in [1.82, 2.24) is 0 Å². The van der Waals surface area contributed by atoms with Crippen LogP contribution >= 0.6 is 0 Å². The van der Waals surface area contributed by atoms with Crippen molar-refractivity contribution in [2.75, 3.05) is 0 Å². The van der Waals surface area contributed by atoms with E-state index in [9.17, 15) is 39.5 Å². The topological polar surface area (TPSA) is 0 Å². The Balaban J connectivity index is 5.51. The SMILES string of the molecule is C#CC(F)(F)C(F)(F)C(F)(F)C(F)(F)F. The van der Waals surface area contributed by atoms with E-state index in [2.05, 4.69) is 6.42 Å². The van der Waals surface area contributed by atoms with Gasteiger partial charge in [0.15, 0.2) is 0 Å². The van der Waals surface area contributed by atoms with E-state index < -0.39 is 23.9 Å². The Labute approximate surface area is 77.1 Å². The molecule has 0 fully saturated rings. The summed E-state index contributed by atoms with van der Waals surface area (Å²) < 4.78 is 106. The van der Waals surface area contributed by atoms with Crippen LogP contribution in [0.2, 0.25) is 0 Å². The molecule has 0 heterocycles. The molecule has 0 N–H and O–H groups in total. The largest absolute Gasteiger partial charge is 0.460 e. The van der Waals surface area contributed by atoms with Gasteiger partial charge >= 0.3 is 23.9 Å². The minimum Gasteiger partial charge on any atom is -0.191 e. The lowest BCUT2D eigenvalue weighted by Crippen LogP contribution is -2.60. The minimum atomic E-state index is -6.91. The fourth-order valence-corrected chi connectivity index (χ4v) is 0.466. The molecule has 0 saturated heterocycles. The lowest BCUT2D eigenvalue weighted by atomic mass is 10.1. The van der Waals surface area contributed by atoms with Crippen molar-refractivity contribution in [2.24, 2.45) is 0 Å². The Kier molecular flexibility index (Phi) is 2.98. The Morgan fingerprint density at radius 3 is 1.20 bits per heavy atom. The fourth-order valence-electron chi connectivity index (χ4n) is 0.466. The van der Waals surface area contributed by atoms with E-state index in [1.165, 1.54) is 0 Å². The molecule has 9 heteroatoms. The van der Waals surface area contributed by atoms with Crippen molar-refractivity contribution in [3.05, 3.63) is 0 Å². The molecule has 0 rings (SSSR count). The van der Waals surface area contributed by atoms with Gasteiger partial charge in [0, 0.05) is 0 Å². The molecule has 0 aromatic rings. The van der Waals surface area contributed by atoms with Gasteiger partial charge in [0.2, 0.25) is 0 Å². The van der Waals surface area contributed by atoms with Crippen LogP contribution in [0, 0.1) is 12.3 Å². The van der Waals surface area contributed by atoms with Crippen molar-refractivity contribution in [1.29, 1.82) is 0 Å². The highest BCUT2D eigenvalue weighted by molar-refractivity contribution is 5.14. The molecule has 88 valence electrons. The molecule has 0 aliphatic carbocycles. The summed E-state index contributed by atoms with van der Waals surface area (Å²) in [6, 6.07) is 0. The van der Waals surface area contributed by atoms with Gasteiger partial charge in [-0.2, -0.15) is 39.5 Å². The summed E-state index contributed by atoms with van der Waals surface area (Å²) in [7, 11) is 0. The summed E-state index contributed by atoms with van der Waals surface area (Å²) in [5, 5.41) is 0. The van der Waals surface area contributed by atoms with Gasteiger partial charge in [-0.1, -0.05) is 0 Å². The number of halogens is 9. The van der Waals surface area contributed by atoms with E-state index in [0.29, 0.717) is 0 Å². The first-order valence-electron chi connectivity index (χ1n) is 2.99. The molecule has 0 aliphatic rings. The zero-order valence-electron chi connectivity index (χ0n) is 6.48. The quantitative estimate of drug-likeness (QED) is 0.517. The van der Waals surface area contributed by atoms with E-state index in [4.69, 9.17) is 0 Å². The Morgan fingerprint density at radius 2 is 1.00 bits per heavy atom. The van der Waals surface area contributed by atoms with Gasteiger partial charge in [0.05, 0.1) is 0 Å². The molecular weight excluding hydrogens is 243 g/mol. The minimum absolute atomic E-state index is 0.104. The number of hydrogen-bond donors (Lipinski definition) is 0. The van der Waals surface area contributed by atoms with Crippen LogP contribution in [-0.2, 0) is 0 Å². The van der Waals surface area contributed by atoms with Gasteiger partial charge in [-0.15, -0.1) is 6.42 Å². The van der Waals surface area contributed by atoms with Crippen molar-refractivity contribution in [2.45, 2.75) is 23.9 Å². The molecule has 15 heavy (non-hydrogen) atoms. The zero-order chi connectivity index (χ0) is 12.7. The molecule has 0 spiro atoms. The second-order valence-electron chi connectivity index (χ2n) is 2.37. The maximum atomic E-state index is 12.1. The Hall–Kier alpha value is -1.07. The summed E-state index contributed by atoms with van der Waals surface area (Å²) in [5.41, 5.74) is 0.